The number of hydrogen-bond donors (Lipinski definition) is 1. The Morgan fingerprint density at radius 1 is 0.912 bits per heavy atom. The molecular formula is C52H56FN8O6P. The van der Waals surface area contributed by atoms with Gasteiger partial charge in [-0.25, -0.2) is 18.7 Å². The third-order valence-corrected chi connectivity index (χ3v) is 20.3. The summed E-state index contributed by atoms with van der Waals surface area (Å²) < 4.78 is 47.6. The summed E-state index contributed by atoms with van der Waals surface area (Å²) in [6.07, 6.45) is 11.1. The van der Waals surface area contributed by atoms with Crippen molar-refractivity contribution in [2.45, 2.75) is 121 Å². The molecule has 12 rings (SSSR count). The number of aryl methyl sites for hydroxylation is 3. The van der Waals surface area contributed by atoms with E-state index in [1.807, 2.05) is 36.1 Å². The number of fused-ring (bicyclic) bond motifs is 2. The molecule has 0 radical (unpaired) electrons. The molecule has 7 aromatic rings. The predicted molar refractivity (Wildman–Crippen MR) is 256 cm³/mol. The number of carbonyl (C=O) groups is 1. The molecule has 3 atom stereocenters. The van der Waals surface area contributed by atoms with E-state index in [-0.39, 0.29) is 34.7 Å². The van der Waals surface area contributed by atoms with E-state index in [1.165, 1.54) is 5.56 Å². The van der Waals surface area contributed by atoms with Crippen LogP contribution in [0.5, 0.6) is 0 Å². The zero-order valence-electron chi connectivity index (χ0n) is 39.1. The normalized spacial score (nSPS) is 22.0. The molecule has 14 nitrogen and oxygen atoms in total. The summed E-state index contributed by atoms with van der Waals surface area (Å²) in [4.78, 5) is 47.7. The SMILES string of the molecule is CCc1cc(-n2ccn(-c3c4c(nn3-c3cc(C)c(F)c(C)c3)CCN(C(=O)c3cc5cc(C6CCOCC6)ccc5n3C3(c5noc(=O)[nH]5)CC3C)C4C)c2=O)ccc1P(=O)(C1CC1)C1CC1. The molecule has 68 heavy (non-hydrogen) atoms. The molecule has 6 heterocycles. The molecule has 4 fully saturated rings. The number of benzene rings is 3. The smallest absolute Gasteiger partial charge is 0.381 e. The summed E-state index contributed by atoms with van der Waals surface area (Å²) in [5, 5.41) is 11.2. The molecule has 3 saturated carbocycles. The van der Waals surface area contributed by atoms with Gasteiger partial charge < -0.3 is 18.8 Å². The zero-order chi connectivity index (χ0) is 47.0. The number of imidazole rings is 1. The van der Waals surface area contributed by atoms with E-state index in [4.69, 9.17) is 14.4 Å². The van der Waals surface area contributed by atoms with Crippen molar-refractivity contribution in [2.24, 2.45) is 5.92 Å². The number of H-pyrrole nitrogens is 1. The number of nitrogens with one attached hydrogen (secondary N) is 1. The van der Waals surface area contributed by atoms with Crippen molar-refractivity contribution in [3.05, 3.63) is 139 Å². The fourth-order valence-electron chi connectivity index (χ4n) is 11.9. The van der Waals surface area contributed by atoms with Gasteiger partial charge in [-0.3, -0.25) is 23.4 Å². The van der Waals surface area contributed by atoms with Crippen LogP contribution in [0.2, 0.25) is 0 Å². The van der Waals surface area contributed by atoms with Crippen molar-refractivity contribution >= 4 is 29.3 Å². The van der Waals surface area contributed by atoms with Crippen LogP contribution in [-0.4, -0.2) is 75.5 Å². The molecule has 4 aromatic heterocycles. The van der Waals surface area contributed by atoms with E-state index in [9.17, 15) is 14.2 Å². The van der Waals surface area contributed by atoms with Crippen molar-refractivity contribution in [3.8, 4) is 17.2 Å². The molecule has 2 aliphatic heterocycles. The number of amides is 1. The second kappa shape index (κ2) is 15.7. The van der Waals surface area contributed by atoms with Crippen molar-refractivity contribution in [2.75, 3.05) is 19.8 Å². The van der Waals surface area contributed by atoms with E-state index < -0.39 is 24.5 Å². The number of nitrogens with zero attached hydrogens (tertiary/aromatic N) is 7. The van der Waals surface area contributed by atoms with Gasteiger partial charge in [0.25, 0.3) is 5.91 Å². The van der Waals surface area contributed by atoms with Crippen molar-refractivity contribution in [1.82, 2.24) is 38.5 Å². The minimum absolute atomic E-state index is 0.0276. The summed E-state index contributed by atoms with van der Waals surface area (Å²) in [5.74, 6) is 0.0314. The Hall–Kier alpha value is -6.05. The fourth-order valence-corrected chi connectivity index (χ4v) is 16.1. The maximum atomic E-state index is 15.6. The molecule has 3 aromatic carbocycles. The molecule has 1 amide bonds. The highest BCUT2D eigenvalue weighted by Crippen LogP contribution is 2.69. The predicted octanol–water partition coefficient (Wildman–Crippen LogP) is 8.51. The first kappa shape index (κ1) is 43.2. The standard InChI is InChI=1S/C52H56FN8O6P/c1-6-33-26-37(8-14-44(33)68(65,39-9-10-39)40-11-12-40)58-19-20-59(51(58)64)47-45-32(5)57(18-15-41(45)55-61(47)38-23-29(2)46(53)30(3)24-38)48(62)43-27-36-25-35(34-16-21-66-22-17-34)7-13-42(36)60(43)52(28-31(52)4)49-54-50(63)67-56-49/h7-8,13-14,19-20,23-27,31-32,34,39-40H,6,9-12,15-18,21-22,28H2,1-5H3,(H,54,56,63). The van der Waals surface area contributed by atoms with E-state index in [0.717, 1.165) is 66.0 Å². The van der Waals surface area contributed by atoms with Gasteiger partial charge in [0.15, 0.2) is 5.82 Å². The second-order valence-corrected chi connectivity index (χ2v) is 23.5. The zero-order valence-corrected chi connectivity index (χ0v) is 40.0. The molecule has 3 aliphatic carbocycles. The van der Waals surface area contributed by atoms with Crippen LogP contribution in [0.3, 0.4) is 0 Å². The number of aromatic nitrogens is 7. The Morgan fingerprint density at radius 2 is 1.62 bits per heavy atom. The summed E-state index contributed by atoms with van der Waals surface area (Å²) >= 11 is 0. The largest absolute Gasteiger partial charge is 0.438 e. The summed E-state index contributed by atoms with van der Waals surface area (Å²) in [6, 6.07) is 17.2. The Kier molecular flexibility index (Phi) is 10.0. The molecule has 0 bridgehead atoms. The van der Waals surface area contributed by atoms with Gasteiger partial charge in [-0.1, -0.05) is 25.1 Å². The molecule has 1 N–H and O–H groups in total. The monoisotopic (exact) mass is 938 g/mol. The quantitative estimate of drug-likeness (QED) is 0.127. The first-order chi connectivity index (χ1) is 32.8. The van der Waals surface area contributed by atoms with Gasteiger partial charge in [0, 0.05) is 71.7 Å². The van der Waals surface area contributed by atoms with Crippen LogP contribution in [0, 0.1) is 25.6 Å². The molecule has 352 valence electrons. The van der Waals surface area contributed by atoms with E-state index in [0.29, 0.717) is 90.3 Å². The van der Waals surface area contributed by atoms with Crippen LogP contribution >= 0.6 is 7.14 Å². The Balaban J connectivity index is 0.981. The van der Waals surface area contributed by atoms with Gasteiger partial charge in [-0.2, -0.15) is 5.10 Å². The lowest BCUT2D eigenvalue weighted by atomic mass is 9.91. The van der Waals surface area contributed by atoms with E-state index in [1.54, 1.807) is 52.2 Å². The molecular weight excluding hydrogens is 883 g/mol. The number of aromatic amines is 1. The van der Waals surface area contributed by atoms with Crippen LogP contribution in [-0.2, 0) is 27.7 Å². The number of carbonyl (C=O) groups excluding carboxylic acids is 1. The third-order valence-electron chi connectivity index (χ3n) is 15.9. The molecule has 1 saturated heterocycles. The fraction of sp³-hybridized carbons (Fsp3) is 0.442. The third kappa shape index (κ3) is 6.58. The van der Waals surface area contributed by atoms with Crippen LogP contribution in [0.25, 0.3) is 28.1 Å². The summed E-state index contributed by atoms with van der Waals surface area (Å²) in [6.45, 7) is 11.3. The van der Waals surface area contributed by atoms with E-state index in [2.05, 4.69) is 46.8 Å². The Labute approximate surface area is 392 Å². The maximum absolute atomic E-state index is 15.6. The highest BCUT2D eigenvalue weighted by molar-refractivity contribution is 7.73. The molecule has 0 spiro atoms. The van der Waals surface area contributed by atoms with Gasteiger partial charge >= 0.3 is 11.4 Å². The van der Waals surface area contributed by atoms with Crippen molar-refractivity contribution in [3.63, 3.8) is 0 Å². The van der Waals surface area contributed by atoms with Gasteiger partial charge in [0.1, 0.15) is 30.0 Å². The van der Waals surface area contributed by atoms with Gasteiger partial charge in [-0.15, -0.1) is 0 Å². The molecule has 5 aliphatic rings. The lowest BCUT2D eigenvalue weighted by molar-refractivity contribution is 0.0663. The highest BCUT2D eigenvalue weighted by atomic mass is 31.2. The second-order valence-electron chi connectivity index (χ2n) is 20.1. The number of hydrogen-bond acceptors (Lipinski definition) is 8. The number of ether oxygens (including phenoxy) is 1. The van der Waals surface area contributed by atoms with Crippen LogP contribution in [0.4, 0.5) is 4.39 Å². The maximum Gasteiger partial charge on any atom is 0.438 e. The minimum Gasteiger partial charge on any atom is -0.381 e. The number of rotatable bonds is 11. The molecule has 16 heteroatoms. The Morgan fingerprint density at radius 3 is 2.26 bits per heavy atom. The Bertz CT molecular complexity index is 3340. The van der Waals surface area contributed by atoms with Crippen molar-refractivity contribution < 1.29 is 23.0 Å². The average Bonchev–Trinajstić information content (AvgIpc) is 4.31. The van der Waals surface area contributed by atoms with Gasteiger partial charge in [0.05, 0.1) is 23.1 Å². The number of halogens is 1. The highest BCUT2D eigenvalue weighted by Gasteiger charge is 2.59. The van der Waals surface area contributed by atoms with Gasteiger partial charge in [0.2, 0.25) is 0 Å². The minimum atomic E-state index is -2.55. The van der Waals surface area contributed by atoms with Crippen molar-refractivity contribution in [1.29, 1.82) is 0 Å². The lowest BCUT2D eigenvalue weighted by Crippen LogP contribution is -2.41. The van der Waals surface area contributed by atoms with Crippen LogP contribution in [0.15, 0.2) is 81.1 Å². The summed E-state index contributed by atoms with van der Waals surface area (Å²) in [5.41, 5.74) is 6.50. The lowest BCUT2D eigenvalue weighted by Gasteiger charge is -2.34. The topological polar surface area (TPSA) is 155 Å². The van der Waals surface area contributed by atoms with Gasteiger partial charge in [-0.05, 0) is 155 Å². The first-order valence-corrected chi connectivity index (χ1v) is 26.2. The van der Waals surface area contributed by atoms with Crippen LogP contribution in [0.1, 0.15) is 128 Å². The van der Waals surface area contributed by atoms with Crippen LogP contribution < -0.4 is 16.8 Å². The average molecular weight is 939 g/mol. The molecule has 3 unspecified atom stereocenters. The summed E-state index contributed by atoms with van der Waals surface area (Å²) in [7, 11) is -2.55. The van der Waals surface area contributed by atoms with E-state index >= 15 is 9.18 Å². The first-order valence-electron chi connectivity index (χ1n) is 24.3.